The zero-order valence-corrected chi connectivity index (χ0v) is 12.0. The number of nitrogens with two attached hydrogens (primary N) is 1. The van der Waals surface area contributed by atoms with E-state index in [2.05, 4.69) is 32.0 Å². The van der Waals surface area contributed by atoms with Crippen LogP contribution >= 0.6 is 0 Å². The van der Waals surface area contributed by atoms with Crippen molar-refractivity contribution in [2.45, 2.75) is 39.3 Å². The van der Waals surface area contributed by atoms with E-state index in [1.807, 2.05) is 16.7 Å². The van der Waals surface area contributed by atoms with Gasteiger partial charge in [0.1, 0.15) is 0 Å². The quantitative estimate of drug-likeness (QED) is 0.930. The predicted molar refractivity (Wildman–Crippen MR) is 81.8 cm³/mol. The summed E-state index contributed by atoms with van der Waals surface area (Å²) in [4.78, 5) is 12.5. The van der Waals surface area contributed by atoms with Crippen molar-refractivity contribution in [1.82, 2.24) is 4.57 Å². The molecule has 3 nitrogen and oxygen atoms in total. The number of hydrogen-bond acceptors (Lipinski definition) is 2. The first-order chi connectivity index (χ1) is 9.61. The van der Waals surface area contributed by atoms with Gasteiger partial charge >= 0.3 is 0 Å². The third-order valence-corrected chi connectivity index (χ3v) is 3.99. The maximum absolute atomic E-state index is 12.5. The molecule has 0 spiro atoms. The molecule has 1 fully saturated rings. The van der Waals surface area contributed by atoms with Crippen LogP contribution in [0.3, 0.4) is 0 Å². The summed E-state index contributed by atoms with van der Waals surface area (Å²) in [7, 11) is 0. The van der Waals surface area contributed by atoms with E-state index in [0.29, 0.717) is 18.2 Å². The molecule has 20 heavy (non-hydrogen) atoms. The molecular weight excluding hydrogens is 248 g/mol. The molecule has 1 saturated carbocycles. The SMILES string of the molecule is Cc1ccc(-c2ccc(CN)c(=O)n2C2CC2)c(C)c1. The first-order valence-electron chi connectivity index (χ1n) is 7.14. The summed E-state index contributed by atoms with van der Waals surface area (Å²) in [5, 5.41) is 0. The van der Waals surface area contributed by atoms with E-state index >= 15 is 0 Å². The van der Waals surface area contributed by atoms with Crippen LogP contribution in [0.4, 0.5) is 0 Å². The van der Waals surface area contributed by atoms with Crippen LogP contribution in [-0.4, -0.2) is 4.57 Å². The molecule has 2 N–H and O–H groups in total. The molecule has 0 radical (unpaired) electrons. The molecule has 3 rings (SSSR count). The minimum absolute atomic E-state index is 0.0764. The number of pyridine rings is 1. The molecule has 0 bridgehead atoms. The van der Waals surface area contributed by atoms with E-state index < -0.39 is 0 Å². The van der Waals surface area contributed by atoms with Crippen molar-refractivity contribution in [3.63, 3.8) is 0 Å². The zero-order chi connectivity index (χ0) is 14.3. The van der Waals surface area contributed by atoms with E-state index in [0.717, 1.165) is 24.1 Å². The van der Waals surface area contributed by atoms with Crippen molar-refractivity contribution in [1.29, 1.82) is 0 Å². The molecule has 1 aromatic heterocycles. The Morgan fingerprint density at radius 1 is 1.20 bits per heavy atom. The lowest BCUT2D eigenvalue weighted by Gasteiger charge is -2.16. The Morgan fingerprint density at radius 3 is 2.55 bits per heavy atom. The van der Waals surface area contributed by atoms with Gasteiger partial charge in [-0.25, -0.2) is 0 Å². The maximum atomic E-state index is 12.5. The van der Waals surface area contributed by atoms with Crippen molar-refractivity contribution in [2.24, 2.45) is 5.73 Å². The number of benzene rings is 1. The van der Waals surface area contributed by atoms with Crippen molar-refractivity contribution in [3.8, 4) is 11.3 Å². The second-order valence-electron chi connectivity index (χ2n) is 5.67. The maximum Gasteiger partial charge on any atom is 0.255 e. The number of hydrogen-bond donors (Lipinski definition) is 1. The van der Waals surface area contributed by atoms with Crippen molar-refractivity contribution >= 4 is 0 Å². The Labute approximate surface area is 119 Å². The van der Waals surface area contributed by atoms with Crippen LogP contribution in [0, 0.1) is 13.8 Å². The van der Waals surface area contributed by atoms with Gasteiger partial charge in [-0.2, -0.15) is 0 Å². The van der Waals surface area contributed by atoms with E-state index in [1.54, 1.807) is 0 Å². The fourth-order valence-corrected chi connectivity index (χ4v) is 2.77. The molecule has 2 aromatic rings. The fraction of sp³-hybridized carbons (Fsp3) is 0.353. The Balaban J connectivity index is 2.23. The Kier molecular flexibility index (Phi) is 3.22. The summed E-state index contributed by atoms with van der Waals surface area (Å²) >= 11 is 0. The van der Waals surface area contributed by atoms with E-state index in [1.165, 1.54) is 11.1 Å². The molecule has 1 aliphatic rings. The summed E-state index contributed by atoms with van der Waals surface area (Å²) < 4.78 is 1.94. The highest BCUT2D eigenvalue weighted by atomic mass is 16.1. The van der Waals surface area contributed by atoms with E-state index in [9.17, 15) is 4.79 Å². The molecule has 1 heterocycles. The van der Waals surface area contributed by atoms with Gasteiger partial charge in [0.25, 0.3) is 5.56 Å². The molecule has 0 atom stereocenters. The number of aromatic nitrogens is 1. The Hall–Kier alpha value is -1.87. The highest BCUT2D eigenvalue weighted by molar-refractivity contribution is 5.65. The standard InChI is InChI=1S/C17H20N2O/c1-11-3-7-15(12(2)9-11)16-8-4-13(10-18)17(20)19(16)14-5-6-14/h3-4,7-9,14H,5-6,10,18H2,1-2H3. The third-order valence-electron chi connectivity index (χ3n) is 3.99. The monoisotopic (exact) mass is 268 g/mol. The molecule has 0 unspecified atom stereocenters. The predicted octanol–water partition coefficient (Wildman–Crippen LogP) is 2.93. The lowest BCUT2D eigenvalue weighted by atomic mass is 10.0. The van der Waals surface area contributed by atoms with Gasteiger partial charge in [-0.05, 0) is 38.3 Å². The molecule has 1 aromatic carbocycles. The highest BCUT2D eigenvalue weighted by Gasteiger charge is 2.28. The van der Waals surface area contributed by atoms with Gasteiger partial charge in [0.05, 0.1) is 5.69 Å². The molecule has 0 aliphatic heterocycles. The minimum Gasteiger partial charge on any atom is -0.326 e. The van der Waals surface area contributed by atoms with Crippen LogP contribution in [0.2, 0.25) is 0 Å². The second-order valence-corrected chi connectivity index (χ2v) is 5.67. The van der Waals surface area contributed by atoms with E-state index in [4.69, 9.17) is 5.73 Å². The molecule has 104 valence electrons. The summed E-state index contributed by atoms with van der Waals surface area (Å²) in [5.41, 5.74) is 11.1. The van der Waals surface area contributed by atoms with Crippen molar-refractivity contribution in [3.05, 3.63) is 57.4 Å². The summed E-state index contributed by atoms with van der Waals surface area (Å²) in [6.07, 6.45) is 2.18. The van der Waals surface area contributed by atoms with Crippen LogP contribution < -0.4 is 11.3 Å². The zero-order valence-electron chi connectivity index (χ0n) is 12.0. The minimum atomic E-state index is 0.0764. The van der Waals surface area contributed by atoms with Crippen molar-refractivity contribution in [2.75, 3.05) is 0 Å². The van der Waals surface area contributed by atoms with Crippen LogP contribution in [0.5, 0.6) is 0 Å². The van der Waals surface area contributed by atoms with Crippen molar-refractivity contribution < 1.29 is 0 Å². The second kappa shape index (κ2) is 4.91. The van der Waals surface area contributed by atoms with E-state index in [-0.39, 0.29) is 5.56 Å². The normalized spacial score (nSPS) is 14.6. The molecule has 3 heteroatoms. The van der Waals surface area contributed by atoms with Crippen LogP contribution in [0.15, 0.2) is 35.1 Å². The molecular formula is C17H20N2O. The average Bonchev–Trinajstić information content (AvgIpc) is 3.23. The van der Waals surface area contributed by atoms with Gasteiger partial charge < -0.3 is 10.3 Å². The smallest absolute Gasteiger partial charge is 0.255 e. The summed E-state index contributed by atoms with van der Waals surface area (Å²) in [5.74, 6) is 0. The highest BCUT2D eigenvalue weighted by Crippen LogP contribution is 2.37. The average molecular weight is 268 g/mol. The third kappa shape index (κ3) is 2.18. The largest absolute Gasteiger partial charge is 0.326 e. The van der Waals surface area contributed by atoms with Crippen LogP contribution in [-0.2, 0) is 6.54 Å². The Bertz CT molecular complexity index is 711. The molecule has 1 aliphatic carbocycles. The molecule has 0 amide bonds. The fourth-order valence-electron chi connectivity index (χ4n) is 2.77. The number of rotatable bonds is 3. The first-order valence-corrected chi connectivity index (χ1v) is 7.14. The van der Waals surface area contributed by atoms with Gasteiger partial charge in [0.15, 0.2) is 0 Å². The van der Waals surface area contributed by atoms with Gasteiger partial charge in [-0.15, -0.1) is 0 Å². The van der Waals surface area contributed by atoms with Gasteiger partial charge in [-0.1, -0.05) is 29.8 Å². The molecule has 0 saturated heterocycles. The van der Waals surface area contributed by atoms with Crippen LogP contribution in [0.25, 0.3) is 11.3 Å². The Morgan fingerprint density at radius 2 is 1.95 bits per heavy atom. The lowest BCUT2D eigenvalue weighted by Crippen LogP contribution is -2.26. The first kappa shape index (κ1) is 13.1. The summed E-state index contributed by atoms with van der Waals surface area (Å²) in [6, 6.07) is 10.6. The van der Waals surface area contributed by atoms with Crippen LogP contribution in [0.1, 0.15) is 35.6 Å². The number of nitrogens with zero attached hydrogens (tertiary/aromatic N) is 1. The van der Waals surface area contributed by atoms with Gasteiger partial charge in [0, 0.05) is 23.7 Å². The number of aryl methyl sites for hydroxylation is 2. The van der Waals surface area contributed by atoms with Gasteiger partial charge in [0.2, 0.25) is 0 Å². The lowest BCUT2D eigenvalue weighted by molar-refractivity contribution is 0.704. The topological polar surface area (TPSA) is 48.0 Å². The summed E-state index contributed by atoms with van der Waals surface area (Å²) in [6.45, 7) is 4.49. The van der Waals surface area contributed by atoms with Gasteiger partial charge in [-0.3, -0.25) is 4.79 Å².